The van der Waals surface area contributed by atoms with Gasteiger partial charge in [0.05, 0.1) is 6.61 Å². The molecule has 1 saturated heterocycles. The predicted molar refractivity (Wildman–Crippen MR) is 82.3 cm³/mol. The molecule has 3 nitrogen and oxygen atoms in total. The zero-order valence-electron chi connectivity index (χ0n) is 12.7. The lowest BCUT2D eigenvalue weighted by Gasteiger charge is -2.18. The Hall–Kier alpha value is -1.06. The molecule has 1 aromatic carbocycles. The summed E-state index contributed by atoms with van der Waals surface area (Å²) in [7, 11) is 0. The van der Waals surface area contributed by atoms with Crippen LogP contribution in [0.3, 0.4) is 0 Å². The second-order valence-corrected chi connectivity index (χ2v) is 6.14. The second-order valence-electron chi connectivity index (χ2n) is 6.14. The SMILES string of the molecule is CCN1CCC(CNC(C)c2ccc3c(c2)CCO3)C1. The Labute approximate surface area is 122 Å². The lowest BCUT2D eigenvalue weighted by Crippen LogP contribution is -2.28. The van der Waals surface area contributed by atoms with E-state index in [0.717, 1.165) is 31.2 Å². The van der Waals surface area contributed by atoms with Gasteiger partial charge in [0, 0.05) is 19.0 Å². The molecule has 2 aliphatic heterocycles. The Bertz CT molecular complexity index is 460. The highest BCUT2D eigenvalue weighted by Gasteiger charge is 2.21. The summed E-state index contributed by atoms with van der Waals surface area (Å²) in [5.41, 5.74) is 2.76. The molecule has 0 aromatic heterocycles. The number of benzene rings is 1. The van der Waals surface area contributed by atoms with E-state index in [1.54, 1.807) is 0 Å². The normalized spacial score (nSPS) is 23.6. The smallest absolute Gasteiger partial charge is 0.122 e. The third kappa shape index (κ3) is 2.99. The van der Waals surface area contributed by atoms with Gasteiger partial charge in [-0.3, -0.25) is 0 Å². The summed E-state index contributed by atoms with van der Waals surface area (Å²) in [4.78, 5) is 2.55. The Morgan fingerprint density at radius 1 is 1.45 bits per heavy atom. The van der Waals surface area contributed by atoms with Crippen molar-refractivity contribution in [1.82, 2.24) is 10.2 Å². The zero-order chi connectivity index (χ0) is 13.9. The monoisotopic (exact) mass is 274 g/mol. The van der Waals surface area contributed by atoms with Crippen molar-refractivity contribution in [2.75, 3.05) is 32.8 Å². The minimum Gasteiger partial charge on any atom is -0.493 e. The molecule has 1 fully saturated rings. The van der Waals surface area contributed by atoms with Crippen molar-refractivity contribution in [3.8, 4) is 5.75 Å². The quantitative estimate of drug-likeness (QED) is 0.893. The maximum Gasteiger partial charge on any atom is 0.122 e. The van der Waals surface area contributed by atoms with Crippen LogP contribution in [0.5, 0.6) is 5.75 Å². The fraction of sp³-hybridized carbons (Fsp3) is 0.647. The van der Waals surface area contributed by atoms with Crippen LogP contribution in [-0.4, -0.2) is 37.7 Å². The standard InChI is InChI=1S/C17H26N2O/c1-3-19-8-6-14(12-19)11-18-13(2)15-4-5-17-16(10-15)7-9-20-17/h4-5,10,13-14,18H,3,6-9,11-12H2,1-2H3. The molecular formula is C17H26N2O. The van der Waals surface area contributed by atoms with Crippen LogP contribution in [0.4, 0.5) is 0 Å². The van der Waals surface area contributed by atoms with Gasteiger partial charge in [0.2, 0.25) is 0 Å². The van der Waals surface area contributed by atoms with Crippen molar-refractivity contribution in [2.45, 2.75) is 32.7 Å². The van der Waals surface area contributed by atoms with Crippen LogP contribution in [0.15, 0.2) is 18.2 Å². The fourth-order valence-electron chi connectivity index (χ4n) is 3.30. The van der Waals surface area contributed by atoms with Gasteiger partial charge in [0.15, 0.2) is 0 Å². The molecular weight excluding hydrogens is 248 g/mol. The zero-order valence-corrected chi connectivity index (χ0v) is 12.7. The molecule has 0 aliphatic carbocycles. The highest BCUT2D eigenvalue weighted by atomic mass is 16.5. The third-order valence-electron chi connectivity index (χ3n) is 4.74. The van der Waals surface area contributed by atoms with E-state index in [1.807, 2.05) is 0 Å². The van der Waals surface area contributed by atoms with Crippen molar-refractivity contribution >= 4 is 0 Å². The summed E-state index contributed by atoms with van der Waals surface area (Å²) in [5.74, 6) is 1.89. The van der Waals surface area contributed by atoms with Crippen molar-refractivity contribution in [3.63, 3.8) is 0 Å². The summed E-state index contributed by atoms with van der Waals surface area (Å²) in [6.45, 7) is 10.2. The molecule has 1 aromatic rings. The maximum atomic E-state index is 5.57. The Kier molecular flexibility index (Phi) is 4.27. The van der Waals surface area contributed by atoms with E-state index in [0.29, 0.717) is 6.04 Å². The van der Waals surface area contributed by atoms with Gasteiger partial charge in [-0.25, -0.2) is 0 Å². The number of ether oxygens (including phenoxy) is 1. The van der Waals surface area contributed by atoms with E-state index in [4.69, 9.17) is 4.74 Å². The number of hydrogen-bond donors (Lipinski definition) is 1. The van der Waals surface area contributed by atoms with Crippen LogP contribution in [0.1, 0.15) is 37.4 Å². The molecule has 0 spiro atoms. The molecule has 2 aliphatic rings. The second kappa shape index (κ2) is 6.15. The minimum absolute atomic E-state index is 0.427. The number of fused-ring (bicyclic) bond motifs is 1. The molecule has 0 saturated carbocycles. The van der Waals surface area contributed by atoms with Crippen molar-refractivity contribution in [3.05, 3.63) is 29.3 Å². The molecule has 2 unspecified atom stereocenters. The largest absolute Gasteiger partial charge is 0.493 e. The van der Waals surface area contributed by atoms with E-state index >= 15 is 0 Å². The molecule has 110 valence electrons. The van der Waals surface area contributed by atoms with Crippen LogP contribution in [0, 0.1) is 5.92 Å². The fourth-order valence-corrected chi connectivity index (χ4v) is 3.30. The van der Waals surface area contributed by atoms with Crippen molar-refractivity contribution < 1.29 is 4.74 Å². The number of rotatable bonds is 5. The average Bonchev–Trinajstić information content (AvgIpc) is 3.12. The van der Waals surface area contributed by atoms with Gasteiger partial charge in [-0.15, -0.1) is 0 Å². The third-order valence-corrected chi connectivity index (χ3v) is 4.74. The van der Waals surface area contributed by atoms with Crippen LogP contribution in [0.2, 0.25) is 0 Å². The van der Waals surface area contributed by atoms with Gasteiger partial charge in [-0.2, -0.15) is 0 Å². The summed E-state index contributed by atoms with van der Waals surface area (Å²) in [5, 5.41) is 3.71. The van der Waals surface area contributed by atoms with Gasteiger partial charge in [-0.1, -0.05) is 19.1 Å². The number of likely N-dealkylation sites (tertiary alicyclic amines) is 1. The Morgan fingerprint density at radius 3 is 3.15 bits per heavy atom. The lowest BCUT2D eigenvalue weighted by molar-refractivity contribution is 0.336. The van der Waals surface area contributed by atoms with Crippen LogP contribution < -0.4 is 10.1 Å². The Balaban J connectivity index is 1.53. The van der Waals surface area contributed by atoms with E-state index in [9.17, 15) is 0 Å². The van der Waals surface area contributed by atoms with Crippen molar-refractivity contribution in [2.24, 2.45) is 5.92 Å². The van der Waals surface area contributed by atoms with Crippen LogP contribution in [0.25, 0.3) is 0 Å². The summed E-state index contributed by atoms with van der Waals surface area (Å²) in [6.07, 6.45) is 2.40. The Morgan fingerprint density at radius 2 is 2.35 bits per heavy atom. The summed E-state index contributed by atoms with van der Waals surface area (Å²) in [6, 6.07) is 7.07. The molecule has 0 bridgehead atoms. The topological polar surface area (TPSA) is 24.5 Å². The van der Waals surface area contributed by atoms with E-state index in [2.05, 4.69) is 42.3 Å². The molecule has 3 heteroatoms. The van der Waals surface area contributed by atoms with Gasteiger partial charge in [0.25, 0.3) is 0 Å². The van der Waals surface area contributed by atoms with Crippen LogP contribution in [-0.2, 0) is 6.42 Å². The lowest BCUT2D eigenvalue weighted by atomic mass is 10.0. The molecule has 1 N–H and O–H groups in total. The highest BCUT2D eigenvalue weighted by Crippen LogP contribution is 2.28. The summed E-state index contributed by atoms with van der Waals surface area (Å²) < 4.78 is 5.57. The first-order valence-electron chi connectivity index (χ1n) is 7.97. The number of nitrogens with one attached hydrogen (secondary N) is 1. The molecule has 3 rings (SSSR count). The molecule has 2 atom stereocenters. The van der Waals surface area contributed by atoms with Gasteiger partial charge in [-0.05, 0) is 56.1 Å². The average molecular weight is 274 g/mol. The van der Waals surface area contributed by atoms with Crippen molar-refractivity contribution in [1.29, 1.82) is 0 Å². The van der Waals surface area contributed by atoms with Crippen LogP contribution >= 0.6 is 0 Å². The first-order chi connectivity index (χ1) is 9.76. The van der Waals surface area contributed by atoms with Gasteiger partial charge < -0.3 is 15.0 Å². The highest BCUT2D eigenvalue weighted by molar-refractivity contribution is 5.40. The minimum atomic E-state index is 0.427. The summed E-state index contributed by atoms with van der Waals surface area (Å²) >= 11 is 0. The van der Waals surface area contributed by atoms with E-state index in [-0.39, 0.29) is 0 Å². The predicted octanol–water partition coefficient (Wildman–Crippen LogP) is 2.61. The molecule has 0 radical (unpaired) electrons. The first kappa shape index (κ1) is 13.9. The van der Waals surface area contributed by atoms with Gasteiger partial charge >= 0.3 is 0 Å². The van der Waals surface area contributed by atoms with E-state index in [1.165, 1.54) is 37.2 Å². The van der Waals surface area contributed by atoms with E-state index < -0.39 is 0 Å². The molecule has 0 amide bonds. The van der Waals surface area contributed by atoms with Gasteiger partial charge in [0.1, 0.15) is 5.75 Å². The maximum absolute atomic E-state index is 5.57. The molecule has 20 heavy (non-hydrogen) atoms. The molecule has 2 heterocycles. The number of nitrogens with zero attached hydrogens (tertiary/aromatic N) is 1. The first-order valence-corrected chi connectivity index (χ1v) is 7.97. The number of hydrogen-bond acceptors (Lipinski definition) is 3.